The summed E-state index contributed by atoms with van der Waals surface area (Å²) >= 11 is 0. The number of nitrogens with one attached hydrogen (secondary N) is 1. The van der Waals surface area contributed by atoms with E-state index >= 15 is 0 Å². The van der Waals surface area contributed by atoms with Crippen LogP contribution in [0.2, 0.25) is 0 Å². The van der Waals surface area contributed by atoms with Crippen molar-refractivity contribution in [2.45, 2.75) is 10.9 Å². The van der Waals surface area contributed by atoms with Gasteiger partial charge in [-0.3, -0.25) is 0 Å². The molecule has 1 aromatic heterocycles. The molecule has 1 aromatic carbocycles. The Bertz CT molecular complexity index is 895. The summed E-state index contributed by atoms with van der Waals surface area (Å²) in [5.74, 6) is -1.38. The number of anilines is 1. The first-order valence-corrected chi connectivity index (χ1v) is 9.88. The molecular formula is C17H21F2N5O2S. The predicted octanol–water partition coefficient (Wildman–Crippen LogP) is 1.10. The first kappa shape index (κ1) is 19.6. The quantitative estimate of drug-likeness (QED) is 0.787. The maximum Gasteiger partial charge on any atom is 0.243 e. The summed E-state index contributed by atoms with van der Waals surface area (Å²) in [6.07, 6.45) is 3.23. The summed E-state index contributed by atoms with van der Waals surface area (Å²) in [5, 5.41) is 0. The van der Waals surface area contributed by atoms with E-state index in [0.29, 0.717) is 31.6 Å². The lowest BCUT2D eigenvalue weighted by Gasteiger charge is -2.22. The molecule has 0 radical (unpaired) electrons. The number of nitrogens with zero attached hydrogens (tertiary/aromatic N) is 4. The lowest BCUT2D eigenvalue weighted by atomic mass is 10.0. The first-order valence-electron chi connectivity index (χ1n) is 8.40. The van der Waals surface area contributed by atoms with Gasteiger partial charge in [-0.05, 0) is 38.4 Å². The third kappa shape index (κ3) is 4.57. The third-order valence-corrected chi connectivity index (χ3v) is 5.87. The minimum atomic E-state index is -4.22. The highest BCUT2D eigenvalue weighted by Crippen LogP contribution is 2.24. The monoisotopic (exact) mass is 397 g/mol. The number of hydrogen-bond acceptors (Lipinski definition) is 6. The Hall–Kier alpha value is -2.17. The molecule has 2 aromatic rings. The molecule has 1 aliphatic heterocycles. The number of aromatic nitrogens is 2. The van der Waals surface area contributed by atoms with Gasteiger partial charge in [0.1, 0.15) is 16.5 Å². The highest BCUT2D eigenvalue weighted by Gasteiger charge is 2.37. The van der Waals surface area contributed by atoms with Crippen LogP contribution >= 0.6 is 0 Å². The van der Waals surface area contributed by atoms with Crippen molar-refractivity contribution < 1.29 is 17.2 Å². The van der Waals surface area contributed by atoms with Gasteiger partial charge in [-0.2, -0.15) is 0 Å². The molecule has 1 fully saturated rings. The van der Waals surface area contributed by atoms with E-state index in [1.54, 1.807) is 18.5 Å². The van der Waals surface area contributed by atoms with E-state index in [4.69, 9.17) is 0 Å². The Morgan fingerprint density at radius 3 is 2.59 bits per heavy atom. The standard InChI is InChI=1S/C17H21F2N5O2S/c1-23(2)9-12-10-24(17-20-6-3-7-21-17)11-15(12)22-27(25,26)16-8-13(18)4-5-14(16)19/h3-8,12,15,22H,9-11H2,1-2H3/t12-,15-/m1/s1. The van der Waals surface area contributed by atoms with Crippen LogP contribution in [0.25, 0.3) is 0 Å². The van der Waals surface area contributed by atoms with E-state index in [1.165, 1.54) is 0 Å². The van der Waals surface area contributed by atoms with Crippen LogP contribution < -0.4 is 9.62 Å². The zero-order valence-corrected chi connectivity index (χ0v) is 15.8. The van der Waals surface area contributed by atoms with Crippen molar-refractivity contribution in [2.24, 2.45) is 5.92 Å². The molecule has 10 heteroatoms. The number of hydrogen-bond donors (Lipinski definition) is 1. The fourth-order valence-electron chi connectivity index (χ4n) is 3.22. The molecule has 0 aliphatic carbocycles. The van der Waals surface area contributed by atoms with Crippen LogP contribution in [0.4, 0.5) is 14.7 Å². The molecule has 1 saturated heterocycles. The normalized spacial score (nSPS) is 20.4. The van der Waals surface area contributed by atoms with Crippen LogP contribution in [-0.4, -0.2) is 63.1 Å². The summed E-state index contributed by atoms with van der Waals surface area (Å²) in [6, 6.07) is 3.58. The predicted molar refractivity (Wildman–Crippen MR) is 96.8 cm³/mol. The van der Waals surface area contributed by atoms with Crippen molar-refractivity contribution in [3.05, 3.63) is 48.3 Å². The molecule has 3 rings (SSSR count). The molecule has 0 bridgehead atoms. The molecule has 1 aliphatic rings. The van der Waals surface area contributed by atoms with E-state index in [2.05, 4.69) is 14.7 Å². The SMILES string of the molecule is CN(C)C[C@@H]1CN(c2ncccn2)C[C@H]1NS(=O)(=O)c1cc(F)ccc1F. The Morgan fingerprint density at radius 1 is 1.22 bits per heavy atom. The molecule has 7 nitrogen and oxygen atoms in total. The van der Waals surface area contributed by atoms with E-state index < -0.39 is 32.6 Å². The second-order valence-corrected chi connectivity index (χ2v) is 8.46. The molecule has 0 saturated carbocycles. The van der Waals surface area contributed by atoms with Gasteiger partial charge in [0.25, 0.3) is 0 Å². The minimum Gasteiger partial charge on any atom is -0.339 e. The highest BCUT2D eigenvalue weighted by atomic mass is 32.2. The maximum absolute atomic E-state index is 14.0. The highest BCUT2D eigenvalue weighted by molar-refractivity contribution is 7.89. The smallest absolute Gasteiger partial charge is 0.243 e. The van der Waals surface area contributed by atoms with Crippen molar-refractivity contribution in [2.75, 3.05) is 38.6 Å². The van der Waals surface area contributed by atoms with Crippen LogP contribution in [0.3, 0.4) is 0 Å². The molecule has 0 amide bonds. The number of benzene rings is 1. The number of halogens is 2. The fourth-order valence-corrected chi connectivity index (χ4v) is 4.61. The molecule has 27 heavy (non-hydrogen) atoms. The van der Waals surface area contributed by atoms with E-state index in [9.17, 15) is 17.2 Å². The summed E-state index contributed by atoms with van der Waals surface area (Å²) in [6.45, 7) is 1.49. The molecular weight excluding hydrogens is 376 g/mol. The fraction of sp³-hybridized carbons (Fsp3) is 0.412. The molecule has 0 spiro atoms. The molecule has 0 unspecified atom stereocenters. The van der Waals surface area contributed by atoms with Crippen LogP contribution in [0.1, 0.15) is 0 Å². The van der Waals surface area contributed by atoms with Gasteiger partial charge in [0.15, 0.2) is 0 Å². The Labute approximate surface area is 157 Å². The van der Waals surface area contributed by atoms with Gasteiger partial charge in [0.2, 0.25) is 16.0 Å². The Balaban J connectivity index is 1.85. The Kier molecular flexibility index (Phi) is 5.68. The zero-order valence-electron chi connectivity index (χ0n) is 15.0. The van der Waals surface area contributed by atoms with Crippen molar-refractivity contribution in [1.29, 1.82) is 0 Å². The topological polar surface area (TPSA) is 78.4 Å². The van der Waals surface area contributed by atoms with Crippen LogP contribution in [-0.2, 0) is 10.0 Å². The number of sulfonamides is 1. The van der Waals surface area contributed by atoms with Crippen LogP contribution in [0, 0.1) is 17.6 Å². The minimum absolute atomic E-state index is 0.0739. The molecule has 146 valence electrons. The summed E-state index contributed by atoms with van der Waals surface area (Å²) in [4.78, 5) is 11.5. The summed E-state index contributed by atoms with van der Waals surface area (Å²) < 4.78 is 55.2. The maximum atomic E-state index is 14.0. The second-order valence-electron chi connectivity index (χ2n) is 6.78. The molecule has 2 atom stereocenters. The van der Waals surface area contributed by atoms with Gasteiger partial charge >= 0.3 is 0 Å². The average molecular weight is 397 g/mol. The summed E-state index contributed by atoms with van der Waals surface area (Å²) in [7, 11) is -0.445. The Morgan fingerprint density at radius 2 is 1.93 bits per heavy atom. The van der Waals surface area contributed by atoms with E-state index in [0.717, 1.165) is 12.1 Å². The van der Waals surface area contributed by atoms with Crippen LogP contribution in [0.15, 0.2) is 41.6 Å². The van der Waals surface area contributed by atoms with Crippen molar-refractivity contribution >= 4 is 16.0 Å². The van der Waals surface area contributed by atoms with Crippen molar-refractivity contribution in [3.63, 3.8) is 0 Å². The first-order chi connectivity index (χ1) is 12.8. The van der Waals surface area contributed by atoms with Gasteiger partial charge in [0.05, 0.1) is 0 Å². The van der Waals surface area contributed by atoms with Gasteiger partial charge in [-0.1, -0.05) is 0 Å². The lowest BCUT2D eigenvalue weighted by Crippen LogP contribution is -2.43. The largest absolute Gasteiger partial charge is 0.339 e. The third-order valence-electron chi connectivity index (χ3n) is 4.36. The van der Waals surface area contributed by atoms with Crippen LogP contribution in [0.5, 0.6) is 0 Å². The lowest BCUT2D eigenvalue weighted by molar-refractivity contribution is 0.315. The van der Waals surface area contributed by atoms with Gasteiger partial charge < -0.3 is 9.80 Å². The zero-order chi connectivity index (χ0) is 19.6. The number of rotatable bonds is 6. The van der Waals surface area contributed by atoms with Crippen molar-refractivity contribution in [1.82, 2.24) is 19.6 Å². The molecule has 1 N–H and O–H groups in total. The van der Waals surface area contributed by atoms with Crippen molar-refractivity contribution in [3.8, 4) is 0 Å². The van der Waals surface area contributed by atoms with Gasteiger partial charge in [-0.25, -0.2) is 31.9 Å². The molecule has 2 heterocycles. The summed E-state index contributed by atoms with van der Waals surface area (Å²) in [5.41, 5.74) is 0. The second kappa shape index (κ2) is 7.83. The average Bonchev–Trinajstić information content (AvgIpc) is 2.99. The van der Waals surface area contributed by atoms with Gasteiger partial charge in [0, 0.05) is 44.0 Å². The van der Waals surface area contributed by atoms with E-state index in [-0.39, 0.29) is 5.92 Å². The van der Waals surface area contributed by atoms with E-state index in [1.807, 2.05) is 23.9 Å². The van der Waals surface area contributed by atoms with Gasteiger partial charge in [-0.15, -0.1) is 0 Å².